The molecule has 0 radical (unpaired) electrons. The number of hydrogen-bond donors (Lipinski definition) is 1. The lowest BCUT2D eigenvalue weighted by Gasteiger charge is -2.06. The van der Waals surface area contributed by atoms with Gasteiger partial charge in [0.2, 0.25) is 0 Å². The summed E-state index contributed by atoms with van der Waals surface area (Å²) in [6.45, 7) is 2.16. The van der Waals surface area contributed by atoms with Crippen LogP contribution in [0.4, 0.5) is 10.1 Å². The van der Waals surface area contributed by atoms with Crippen LogP contribution in [0.25, 0.3) is 0 Å². The van der Waals surface area contributed by atoms with Crippen molar-refractivity contribution in [2.24, 2.45) is 0 Å². The first kappa shape index (κ1) is 12.3. The molecule has 0 heterocycles. The van der Waals surface area contributed by atoms with Crippen LogP contribution in [0.5, 0.6) is 0 Å². The Hall–Kier alpha value is -2.16. The average molecular weight is 243 g/mol. The van der Waals surface area contributed by atoms with Crippen molar-refractivity contribution >= 4 is 11.5 Å². The number of carbonyl (C=O) groups is 1. The van der Waals surface area contributed by atoms with E-state index in [9.17, 15) is 9.18 Å². The number of aryl methyl sites for hydroxylation is 1. The van der Waals surface area contributed by atoms with Crippen LogP contribution in [0, 0.1) is 12.7 Å². The number of rotatable bonds is 4. The summed E-state index contributed by atoms with van der Waals surface area (Å²) in [7, 11) is 0. The highest BCUT2D eigenvalue weighted by atomic mass is 19.1. The van der Waals surface area contributed by atoms with Gasteiger partial charge in [0.25, 0.3) is 0 Å². The van der Waals surface area contributed by atoms with E-state index >= 15 is 0 Å². The lowest BCUT2D eigenvalue weighted by molar-refractivity contribution is 0.101. The van der Waals surface area contributed by atoms with Crippen LogP contribution in [0.2, 0.25) is 0 Å². The van der Waals surface area contributed by atoms with Crippen molar-refractivity contribution < 1.29 is 9.18 Å². The van der Waals surface area contributed by atoms with E-state index in [-0.39, 0.29) is 12.3 Å². The molecule has 3 heteroatoms. The predicted octanol–water partition coefficient (Wildman–Crippen LogP) is 3.43. The molecule has 2 nitrogen and oxygen atoms in total. The molecule has 2 rings (SSSR count). The number of nitrogens with one attached hydrogen (secondary N) is 1. The van der Waals surface area contributed by atoms with Gasteiger partial charge in [-0.15, -0.1) is 0 Å². The van der Waals surface area contributed by atoms with E-state index in [1.807, 2.05) is 31.2 Å². The minimum absolute atomic E-state index is 0.130. The van der Waals surface area contributed by atoms with Crippen molar-refractivity contribution in [1.82, 2.24) is 0 Å². The topological polar surface area (TPSA) is 29.1 Å². The maximum atomic E-state index is 13.0. The fourth-order valence-corrected chi connectivity index (χ4v) is 1.62. The molecule has 0 fully saturated rings. The fourth-order valence-electron chi connectivity index (χ4n) is 1.62. The van der Waals surface area contributed by atoms with Crippen LogP contribution >= 0.6 is 0 Å². The molecule has 0 aliphatic heterocycles. The molecule has 0 aromatic heterocycles. The molecular weight excluding hydrogens is 229 g/mol. The summed E-state index contributed by atoms with van der Waals surface area (Å²) in [6, 6.07) is 13.5. The number of benzene rings is 2. The monoisotopic (exact) mass is 243 g/mol. The molecule has 2 aromatic carbocycles. The Balaban J connectivity index is 1.98. The molecular formula is C15H14FNO. The Morgan fingerprint density at radius 3 is 2.56 bits per heavy atom. The van der Waals surface area contributed by atoms with Crippen LogP contribution < -0.4 is 5.32 Å². The highest BCUT2D eigenvalue weighted by molar-refractivity contribution is 5.98. The number of hydrogen-bond acceptors (Lipinski definition) is 2. The van der Waals surface area contributed by atoms with Crippen molar-refractivity contribution in [3.63, 3.8) is 0 Å². The zero-order chi connectivity index (χ0) is 13.0. The quantitative estimate of drug-likeness (QED) is 0.833. The first-order chi connectivity index (χ1) is 8.65. The lowest BCUT2D eigenvalue weighted by atomic mass is 10.1. The molecule has 0 aliphatic rings. The van der Waals surface area contributed by atoms with Crippen molar-refractivity contribution in [2.45, 2.75) is 6.92 Å². The van der Waals surface area contributed by atoms with E-state index in [1.54, 1.807) is 6.07 Å². The molecule has 92 valence electrons. The predicted molar refractivity (Wildman–Crippen MR) is 70.4 cm³/mol. The molecule has 0 atom stereocenters. The SMILES string of the molecule is Cc1ccc(NCC(=O)c2cccc(F)c2)cc1. The minimum Gasteiger partial charge on any atom is -0.378 e. The Labute approximate surface area is 105 Å². The zero-order valence-corrected chi connectivity index (χ0v) is 10.1. The van der Waals surface area contributed by atoms with Gasteiger partial charge in [-0.2, -0.15) is 0 Å². The van der Waals surface area contributed by atoms with E-state index in [0.717, 1.165) is 11.3 Å². The van der Waals surface area contributed by atoms with Gasteiger partial charge in [0.1, 0.15) is 5.82 Å². The molecule has 0 unspecified atom stereocenters. The van der Waals surface area contributed by atoms with Crippen LogP contribution in [0.15, 0.2) is 48.5 Å². The normalized spacial score (nSPS) is 10.1. The first-order valence-corrected chi connectivity index (χ1v) is 5.74. The largest absolute Gasteiger partial charge is 0.378 e. The maximum absolute atomic E-state index is 13.0. The summed E-state index contributed by atoms with van der Waals surface area (Å²) in [5.41, 5.74) is 2.43. The Bertz CT molecular complexity index is 549. The molecule has 0 aliphatic carbocycles. The van der Waals surface area contributed by atoms with E-state index in [1.165, 1.54) is 18.2 Å². The summed E-state index contributed by atoms with van der Waals surface area (Å²) in [5.74, 6) is -0.522. The third-order valence-electron chi connectivity index (χ3n) is 2.65. The van der Waals surface area contributed by atoms with Gasteiger partial charge in [-0.1, -0.05) is 29.8 Å². The number of Topliss-reactive ketones (excluding diaryl/α,β-unsaturated/α-hetero) is 1. The molecule has 0 spiro atoms. The summed E-state index contributed by atoms with van der Waals surface area (Å²) in [6.07, 6.45) is 0. The fraction of sp³-hybridized carbons (Fsp3) is 0.133. The molecule has 0 amide bonds. The molecule has 18 heavy (non-hydrogen) atoms. The molecule has 1 N–H and O–H groups in total. The average Bonchev–Trinajstić information content (AvgIpc) is 2.38. The van der Waals surface area contributed by atoms with Gasteiger partial charge in [0.05, 0.1) is 6.54 Å². The number of halogens is 1. The third kappa shape index (κ3) is 3.17. The smallest absolute Gasteiger partial charge is 0.181 e. The second-order valence-corrected chi connectivity index (χ2v) is 4.15. The Kier molecular flexibility index (Phi) is 3.72. The summed E-state index contributed by atoms with van der Waals surface area (Å²) in [4.78, 5) is 11.8. The van der Waals surface area contributed by atoms with Gasteiger partial charge < -0.3 is 5.32 Å². The van der Waals surface area contributed by atoms with Crippen LogP contribution in [-0.4, -0.2) is 12.3 Å². The van der Waals surface area contributed by atoms with E-state index in [2.05, 4.69) is 5.32 Å². The number of anilines is 1. The second-order valence-electron chi connectivity index (χ2n) is 4.15. The molecule has 0 saturated heterocycles. The zero-order valence-electron chi connectivity index (χ0n) is 10.1. The summed E-state index contributed by atoms with van der Waals surface area (Å²) < 4.78 is 13.0. The first-order valence-electron chi connectivity index (χ1n) is 5.74. The highest BCUT2D eigenvalue weighted by Crippen LogP contribution is 2.09. The third-order valence-corrected chi connectivity index (χ3v) is 2.65. The van der Waals surface area contributed by atoms with Crippen LogP contribution in [-0.2, 0) is 0 Å². The van der Waals surface area contributed by atoms with Gasteiger partial charge in [-0.3, -0.25) is 4.79 Å². The highest BCUT2D eigenvalue weighted by Gasteiger charge is 2.06. The number of ketones is 1. The van der Waals surface area contributed by atoms with Crippen LogP contribution in [0.3, 0.4) is 0 Å². The van der Waals surface area contributed by atoms with Gasteiger partial charge in [-0.25, -0.2) is 4.39 Å². The van der Waals surface area contributed by atoms with Gasteiger partial charge in [-0.05, 0) is 31.2 Å². The minimum atomic E-state index is -0.392. The van der Waals surface area contributed by atoms with Gasteiger partial charge >= 0.3 is 0 Å². The van der Waals surface area contributed by atoms with Crippen LogP contribution in [0.1, 0.15) is 15.9 Å². The lowest BCUT2D eigenvalue weighted by Crippen LogP contribution is -2.14. The van der Waals surface area contributed by atoms with Crippen molar-refractivity contribution in [3.05, 3.63) is 65.5 Å². The van der Waals surface area contributed by atoms with Gasteiger partial charge in [0.15, 0.2) is 5.78 Å². The molecule has 0 bridgehead atoms. The molecule has 2 aromatic rings. The second kappa shape index (κ2) is 5.45. The summed E-state index contributed by atoms with van der Waals surface area (Å²) >= 11 is 0. The molecule has 0 saturated carbocycles. The number of carbonyl (C=O) groups excluding carboxylic acids is 1. The van der Waals surface area contributed by atoms with Crippen molar-refractivity contribution in [1.29, 1.82) is 0 Å². The van der Waals surface area contributed by atoms with E-state index in [4.69, 9.17) is 0 Å². The van der Waals surface area contributed by atoms with Crippen molar-refractivity contribution in [2.75, 3.05) is 11.9 Å². The van der Waals surface area contributed by atoms with Gasteiger partial charge in [0, 0.05) is 11.3 Å². The standard InChI is InChI=1S/C15H14FNO/c1-11-5-7-14(8-6-11)17-10-15(18)12-3-2-4-13(16)9-12/h2-9,17H,10H2,1H3. The Morgan fingerprint density at radius 2 is 1.89 bits per heavy atom. The summed E-state index contributed by atoms with van der Waals surface area (Å²) in [5, 5.41) is 3.02. The maximum Gasteiger partial charge on any atom is 0.181 e. The van der Waals surface area contributed by atoms with E-state index < -0.39 is 5.82 Å². The van der Waals surface area contributed by atoms with E-state index in [0.29, 0.717) is 5.56 Å². The Morgan fingerprint density at radius 1 is 1.17 bits per heavy atom. The van der Waals surface area contributed by atoms with Crippen molar-refractivity contribution in [3.8, 4) is 0 Å².